The van der Waals surface area contributed by atoms with Crippen LogP contribution in [0.3, 0.4) is 0 Å². The molecule has 1 aliphatic rings. The number of amides is 1. The normalized spacial score (nSPS) is 16.9. The predicted molar refractivity (Wildman–Crippen MR) is 116 cm³/mol. The molecule has 1 amide bonds. The molecule has 0 aliphatic carbocycles. The van der Waals surface area contributed by atoms with Crippen LogP contribution in [0.25, 0.3) is 10.2 Å². The molecule has 146 valence electrons. The summed E-state index contributed by atoms with van der Waals surface area (Å²) in [6.45, 7) is 6.19. The van der Waals surface area contributed by atoms with Gasteiger partial charge in [-0.2, -0.15) is 0 Å². The summed E-state index contributed by atoms with van der Waals surface area (Å²) < 4.78 is 1.24. The third-order valence-corrected chi connectivity index (χ3v) is 6.67. The lowest BCUT2D eigenvalue weighted by Gasteiger charge is -2.37. The van der Waals surface area contributed by atoms with Crippen molar-refractivity contribution in [3.05, 3.63) is 58.6 Å². The Balaban J connectivity index is 1.30. The first-order valence-corrected chi connectivity index (χ1v) is 10.7. The number of rotatable bonds is 5. The minimum absolute atomic E-state index is 0.0271. The molecule has 1 atom stereocenters. The van der Waals surface area contributed by atoms with E-state index in [2.05, 4.69) is 40.2 Å². The fourth-order valence-corrected chi connectivity index (χ4v) is 4.73. The maximum Gasteiger partial charge on any atom is 0.238 e. The van der Waals surface area contributed by atoms with Crippen LogP contribution in [-0.2, 0) is 4.79 Å². The molecule has 2 aromatic carbocycles. The number of fused-ring (bicyclic) bond motifs is 1. The van der Waals surface area contributed by atoms with E-state index in [0.717, 1.165) is 36.7 Å². The Kier molecular flexibility index (Phi) is 5.92. The lowest BCUT2D eigenvalue weighted by atomic mass is 10.2. The summed E-state index contributed by atoms with van der Waals surface area (Å²) in [4.78, 5) is 21.8. The minimum Gasteiger partial charge on any atom is -0.324 e. The molecular weight excluding hydrogens is 392 g/mol. The number of benzene rings is 2. The van der Waals surface area contributed by atoms with Gasteiger partial charge in [-0.15, -0.1) is 11.3 Å². The zero-order chi connectivity index (χ0) is 19.5. The molecule has 4 rings (SSSR count). The predicted octanol–water partition coefficient (Wildman–Crippen LogP) is 4.27. The number of para-hydroxylation sites is 2. The number of nitrogens with one attached hydrogen (secondary N) is 1. The number of carbonyl (C=O) groups is 1. The van der Waals surface area contributed by atoms with Crippen molar-refractivity contribution < 1.29 is 4.79 Å². The molecule has 1 fully saturated rings. The third kappa shape index (κ3) is 4.36. The Morgan fingerprint density at radius 1 is 1.14 bits per heavy atom. The molecule has 28 heavy (non-hydrogen) atoms. The third-order valence-electron chi connectivity index (χ3n) is 5.14. The summed E-state index contributed by atoms with van der Waals surface area (Å²) in [6.07, 6.45) is 0. The molecule has 3 aromatic rings. The van der Waals surface area contributed by atoms with Crippen molar-refractivity contribution in [2.75, 3.05) is 38.0 Å². The average molecular weight is 415 g/mol. The second kappa shape index (κ2) is 8.57. The van der Waals surface area contributed by atoms with Crippen molar-refractivity contribution in [3.8, 4) is 0 Å². The minimum atomic E-state index is -0.0271. The molecule has 1 saturated heterocycles. The monoisotopic (exact) mass is 414 g/mol. The van der Waals surface area contributed by atoms with Gasteiger partial charge in [0.2, 0.25) is 5.91 Å². The smallest absolute Gasteiger partial charge is 0.238 e. The van der Waals surface area contributed by atoms with Crippen LogP contribution in [0.4, 0.5) is 5.69 Å². The molecule has 7 heteroatoms. The Morgan fingerprint density at radius 2 is 1.86 bits per heavy atom. The molecular formula is C21H23ClN4OS. The summed E-state index contributed by atoms with van der Waals surface area (Å²) >= 11 is 7.88. The van der Waals surface area contributed by atoms with Crippen LogP contribution in [0, 0.1) is 0 Å². The number of hydrogen-bond acceptors (Lipinski definition) is 5. The molecule has 0 saturated carbocycles. The molecule has 1 aromatic heterocycles. The van der Waals surface area contributed by atoms with E-state index in [0.29, 0.717) is 17.3 Å². The highest BCUT2D eigenvalue weighted by atomic mass is 35.5. The highest BCUT2D eigenvalue weighted by Gasteiger charge is 2.25. The van der Waals surface area contributed by atoms with E-state index in [1.54, 1.807) is 17.4 Å². The van der Waals surface area contributed by atoms with E-state index in [-0.39, 0.29) is 11.9 Å². The van der Waals surface area contributed by atoms with Gasteiger partial charge in [0.25, 0.3) is 0 Å². The van der Waals surface area contributed by atoms with E-state index in [9.17, 15) is 4.79 Å². The number of thiazole rings is 1. The van der Waals surface area contributed by atoms with Crippen molar-refractivity contribution >= 4 is 44.7 Å². The van der Waals surface area contributed by atoms with Gasteiger partial charge in [0, 0.05) is 26.2 Å². The number of hydrogen-bond donors (Lipinski definition) is 1. The fourth-order valence-electron chi connectivity index (χ4n) is 3.49. The van der Waals surface area contributed by atoms with E-state index < -0.39 is 0 Å². The fraction of sp³-hybridized carbons (Fsp3) is 0.333. The van der Waals surface area contributed by atoms with Crippen LogP contribution in [0.1, 0.15) is 18.0 Å². The number of aromatic nitrogens is 1. The first-order chi connectivity index (χ1) is 13.6. The van der Waals surface area contributed by atoms with Crippen LogP contribution in [0.2, 0.25) is 5.02 Å². The lowest BCUT2D eigenvalue weighted by Crippen LogP contribution is -2.49. The van der Waals surface area contributed by atoms with E-state index in [1.165, 1.54) is 4.70 Å². The second-order valence-corrected chi connectivity index (χ2v) is 8.51. The Morgan fingerprint density at radius 3 is 2.61 bits per heavy atom. The lowest BCUT2D eigenvalue weighted by molar-refractivity contribution is -0.117. The number of nitrogens with zero attached hydrogens (tertiary/aromatic N) is 3. The van der Waals surface area contributed by atoms with Crippen LogP contribution >= 0.6 is 22.9 Å². The molecule has 5 nitrogen and oxygen atoms in total. The van der Waals surface area contributed by atoms with Crippen molar-refractivity contribution in [2.45, 2.75) is 13.0 Å². The molecule has 1 aliphatic heterocycles. The summed E-state index contributed by atoms with van der Waals surface area (Å²) in [5.41, 5.74) is 1.74. The largest absolute Gasteiger partial charge is 0.324 e. The van der Waals surface area contributed by atoms with Crippen LogP contribution in [0.15, 0.2) is 48.5 Å². The highest BCUT2D eigenvalue weighted by molar-refractivity contribution is 7.18. The van der Waals surface area contributed by atoms with Crippen LogP contribution < -0.4 is 5.32 Å². The quantitative estimate of drug-likeness (QED) is 0.677. The van der Waals surface area contributed by atoms with Crippen molar-refractivity contribution in [2.24, 2.45) is 0 Å². The first-order valence-electron chi connectivity index (χ1n) is 9.46. The summed E-state index contributed by atoms with van der Waals surface area (Å²) in [6, 6.07) is 15.9. The van der Waals surface area contributed by atoms with Gasteiger partial charge in [-0.1, -0.05) is 35.9 Å². The summed E-state index contributed by atoms with van der Waals surface area (Å²) in [5.74, 6) is -0.0271. The number of anilines is 1. The van der Waals surface area contributed by atoms with Crippen molar-refractivity contribution in [1.29, 1.82) is 0 Å². The highest BCUT2D eigenvalue weighted by Crippen LogP contribution is 2.30. The SMILES string of the molecule is C[C@H](c1nc2ccccc2s1)N1CCN(CC(=O)Nc2ccccc2Cl)CC1. The molecule has 1 N–H and O–H groups in total. The molecule has 0 bridgehead atoms. The standard InChI is InChI=1S/C21H23ClN4OS/c1-15(21-24-18-8-4-5-9-19(18)28-21)26-12-10-25(11-13-26)14-20(27)23-17-7-3-2-6-16(17)22/h2-9,15H,10-14H2,1H3,(H,23,27)/t15-/m1/s1. The van der Waals surface area contributed by atoms with E-state index >= 15 is 0 Å². The van der Waals surface area contributed by atoms with Gasteiger partial charge < -0.3 is 5.32 Å². The van der Waals surface area contributed by atoms with E-state index in [1.807, 2.05) is 24.3 Å². The first kappa shape index (κ1) is 19.3. The van der Waals surface area contributed by atoms with Gasteiger partial charge in [-0.3, -0.25) is 14.6 Å². The second-order valence-electron chi connectivity index (χ2n) is 7.04. The number of carbonyl (C=O) groups excluding carboxylic acids is 1. The van der Waals surface area contributed by atoms with Gasteiger partial charge in [-0.25, -0.2) is 4.98 Å². The van der Waals surface area contributed by atoms with Gasteiger partial charge in [0.15, 0.2) is 0 Å². The Hall–Kier alpha value is -1.99. The maximum atomic E-state index is 12.3. The Labute approximate surface area is 173 Å². The Bertz CT molecular complexity index is 935. The zero-order valence-corrected chi connectivity index (χ0v) is 17.3. The van der Waals surface area contributed by atoms with E-state index in [4.69, 9.17) is 16.6 Å². The average Bonchev–Trinajstić information content (AvgIpc) is 3.14. The van der Waals surface area contributed by atoms with Gasteiger partial charge in [0.1, 0.15) is 5.01 Å². The maximum absolute atomic E-state index is 12.3. The number of piperazine rings is 1. The molecule has 0 radical (unpaired) electrons. The van der Waals surface area contributed by atoms with Gasteiger partial charge in [-0.05, 0) is 31.2 Å². The van der Waals surface area contributed by atoms with Gasteiger partial charge >= 0.3 is 0 Å². The topological polar surface area (TPSA) is 48.5 Å². The van der Waals surface area contributed by atoms with Crippen LogP contribution in [-0.4, -0.2) is 53.4 Å². The molecule has 0 spiro atoms. The number of halogens is 1. The van der Waals surface area contributed by atoms with Crippen molar-refractivity contribution in [1.82, 2.24) is 14.8 Å². The zero-order valence-electron chi connectivity index (χ0n) is 15.8. The summed E-state index contributed by atoms with van der Waals surface area (Å²) in [7, 11) is 0. The van der Waals surface area contributed by atoms with Crippen LogP contribution in [0.5, 0.6) is 0 Å². The summed E-state index contributed by atoms with van der Waals surface area (Å²) in [5, 5.41) is 4.62. The van der Waals surface area contributed by atoms with Crippen molar-refractivity contribution in [3.63, 3.8) is 0 Å². The van der Waals surface area contributed by atoms with Gasteiger partial charge in [0.05, 0.1) is 33.5 Å². The molecule has 0 unspecified atom stereocenters. The molecule has 2 heterocycles.